The van der Waals surface area contributed by atoms with E-state index in [2.05, 4.69) is 21.5 Å². The first-order chi connectivity index (χ1) is 17.9. The first-order valence-electron chi connectivity index (χ1n) is 12.2. The standard InChI is InChI=1S/C29H24ClN5O2/c1-3-34-16-31-23-13-19(9-12-25(23)34)26-15-24(33-35(26)17(2)36)28-27(18-7-5-4-6-8-18)21-14-20(30)10-11-22(21)32-29(28)37/h4-14,16,26H,3,15H2,1-2H3,(H,32,37). The monoisotopic (exact) mass is 509 g/mol. The molecule has 3 heterocycles. The number of nitrogens with zero attached hydrogens (tertiary/aromatic N) is 4. The van der Waals surface area contributed by atoms with Gasteiger partial charge in [-0.15, -0.1) is 0 Å². The molecule has 2 aromatic heterocycles. The number of rotatable bonds is 4. The lowest BCUT2D eigenvalue weighted by molar-refractivity contribution is -0.130. The quantitative estimate of drug-likeness (QED) is 0.326. The molecule has 184 valence electrons. The van der Waals surface area contributed by atoms with Gasteiger partial charge < -0.3 is 9.55 Å². The minimum absolute atomic E-state index is 0.194. The minimum atomic E-state index is -0.346. The van der Waals surface area contributed by atoms with E-state index in [0.717, 1.165) is 39.7 Å². The number of benzene rings is 3. The van der Waals surface area contributed by atoms with E-state index in [0.29, 0.717) is 28.2 Å². The van der Waals surface area contributed by atoms with Gasteiger partial charge in [-0.05, 0) is 48.4 Å². The Morgan fingerprint density at radius 3 is 2.65 bits per heavy atom. The number of hydrazone groups is 1. The fourth-order valence-corrected chi connectivity index (χ4v) is 5.37. The molecule has 1 aliphatic heterocycles. The van der Waals surface area contributed by atoms with Crippen molar-refractivity contribution < 1.29 is 4.79 Å². The summed E-state index contributed by atoms with van der Waals surface area (Å²) in [6.45, 7) is 4.39. The van der Waals surface area contributed by atoms with Crippen LogP contribution in [0.4, 0.5) is 0 Å². The van der Waals surface area contributed by atoms with E-state index in [9.17, 15) is 9.59 Å². The first-order valence-corrected chi connectivity index (χ1v) is 12.6. The number of amides is 1. The molecule has 0 spiro atoms. The number of fused-ring (bicyclic) bond motifs is 2. The van der Waals surface area contributed by atoms with Crippen molar-refractivity contribution in [1.29, 1.82) is 0 Å². The van der Waals surface area contributed by atoms with Crippen molar-refractivity contribution in [1.82, 2.24) is 19.5 Å². The molecule has 1 aliphatic rings. The van der Waals surface area contributed by atoms with Crippen LogP contribution in [0.3, 0.4) is 0 Å². The van der Waals surface area contributed by atoms with Crippen LogP contribution in [-0.4, -0.2) is 31.2 Å². The predicted octanol–water partition coefficient (Wildman–Crippen LogP) is 5.92. The molecule has 1 amide bonds. The van der Waals surface area contributed by atoms with Crippen LogP contribution in [0.1, 0.15) is 37.4 Å². The Morgan fingerprint density at radius 1 is 1.08 bits per heavy atom. The number of halogens is 1. The smallest absolute Gasteiger partial charge is 0.258 e. The van der Waals surface area contributed by atoms with Gasteiger partial charge in [0.05, 0.1) is 34.7 Å². The van der Waals surface area contributed by atoms with Crippen molar-refractivity contribution in [3.63, 3.8) is 0 Å². The molecule has 1 atom stereocenters. The Morgan fingerprint density at radius 2 is 1.89 bits per heavy atom. The molecule has 6 rings (SSSR count). The lowest BCUT2D eigenvalue weighted by atomic mass is 9.91. The topological polar surface area (TPSA) is 83.3 Å². The van der Waals surface area contributed by atoms with E-state index in [1.165, 1.54) is 11.9 Å². The summed E-state index contributed by atoms with van der Waals surface area (Å²) in [5.74, 6) is -0.194. The van der Waals surface area contributed by atoms with Gasteiger partial charge in [-0.25, -0.2) is 9.99 Å². The molecule has 1 N–H and O–H groups in total. The second-order valence-electron chi connectivity index (χ2n) is 9.17. The van der Waals surface area contributed by atoms with Gasteiger partial charge in [-0.1, -0.05) is 48.0 Å². The number of pyridine rings is 1. The molecule has 0 fully saturated rings. The number of hydrogen-bond donors (Lipinski definition) is 1. The normalized spacial score (nSPS) is 15.5. The number of carbonyl (C=O) groups excluding carboxylic acids is 1. The van der Waals surface area contributed by atoms with E-state index in [-0.39, 0.29) is 17.5 Å². The Hall–Kier alpha value is -4.23. The van der Waals surface area contributed by atoms with Crippen LogP contribution in [0.15, 0.2) is 83.0 Å². The third-order valence-corrected chi connectivity index (χ3v) is 7.17. The number of imidazole rings is 1. The van der Waals surface area contributed by atoms with Gasteiger partial charge in [0.25, 0.3) is 5.56 Å². The minimum Gasteiger partial charge on any atom is -0.331 e. The highest BCUT2D eigenvalue weighted by atomic mass is 35.5. The van der Waals surface area contributed by atoms with Crippen LogP contribution in [0, 0.1) is 0 Å². The van der Waals surface area contributed by atoms with Gasteiger partial charge in [-0.2, -0.15) is 5.10 Å². The zero-order valence-electron chi connectivity index (χ0n) is 20.4. The average Bonchev–Trinajstić information content (AvgIpc) is 3.53. The molecule has 8 heteroatoms. The van der Waals surface area contributed by atoms with E-state index >= 15 is 0 Å². The molecule has 0 saturated heterocycles. The summed E-state index contributed by atoms with van der Waals surface area (Å²) in [4.78, 5) is 33.8. The molecule has 0 saturated carbocycles. The summed E-state index contributed by atoms with van der Waals surface area (Å²) < 4.78 is 2.07. The summed E-state index contributed by atoms with van der Waals surface area (Å²) >= 11 is 6.37. The highest BCUT2D eigenvalue weighted by Crippen LogP contribution is 2.38. The Balaban J connectivity index is 1.53. The van der Waals surface area contributed by atoms with Crippen molar-refractivity contribution in [2.45, 2.75) is 32.9 Å². The summed E-state index contributed by atoms with van der Waals surface area (Å²) in [6, 6.07) is 20.8. The number of nitrogens with one attached hydrogen (secondary N) is 1. The van der Waals surface area contributed by atoms with Gasteiger partial charge in [0.15, 0.2) is 0 Å². The Labute approximate surface area is 218 Å². The SMILES string of the molecule is CCn1cnc2cc(C3CC(c4c(-c5ccccc5)c5cc(Cl)ccc5[nH]c4=O)=NN3C(C)=O)ccc21. The van der Waals surface area contributed by atoms with Crippen molar-refractivity contribution >= 4 is 45.2 Å². The van der Waals surface area contributed by atoms with Crippen molar-refractivity contribution in [2.24, 2.45) is 5.10 Å². The molecule has 3 aromatic carbocycles. The average molecular weight is 510 g/mol. The fraction of sp³-hybridized carbons (Fsp3) is 0.172. The third kappa shape index (κ3) is 3.92. The molecule has 1 unspecified atom stereocenters. The molecule has 0 bridgehead atoms. The van der Waals surface area contributed by atoms with Gasteiger partial charge in [0, 0.05) is 41.4 Å². The summed E-state index contributed by atoms with van der Waals surface area (Å²) in [7, 11) is 0. The molecule has 5 aromatic rings. The predicted molar refractivity (Wildman–Crippen MR) is 147 cm³/mol. The zero-order chi connectivity index (χ0) is 25.7. The zero-order valence-corrected chi connectivity index (χ0v) is 21.2. The number of aromatic amines is 1. The second-order valence-corrected chi connectivity index (χ2v) is 9.61. The van der Waals surface area contributed by atoms with Gasteiger partial charge in [0.1, 0.15) is 0 Å². The summed E-state index contributed by atoms with van der Waals surface area (Å²) in [6.07, 6.45) is 2.22. The molecular weight excluding hydrogens is 486 g/mol. The molecule has 37 heavy (non-hydrogen) atoms. The molecule has 7 nitrogen and oxygen atoms in total. The fourth-order valence-electron chi connectivity index (χ4n) is 5.20. The van der Waals surface area contributed by atoms with Crippen molar-refractivity contribution in [3.05, 3.63) is 99.6 Å². The largest absolute Gasteiger partial charge is 0.331 e. The van der Waals surface area contributed by atoms with Gasteiger partial charge >= 0.3 is 0 Å². The molecule has 0 radical (unpaired) electrons. The third-order valence-electron chi connectivity index (χ3n) is 6.93. The summed E-state index contributed by atoms with van der Waals surface area (Å²) in [5, 5.41) is 7.58. The van der Waals surface area contributed by atoms with Gasteiger partial charge in [0.2, 0.25) is 5.91 Å². The van der Waals surface area contributed by atoms with E-state index in [1.807, 2.05) is 60.9 Å². The van der Waals surface area contributed by atoms with Crippen molar-refractivity contribution in [3.8, 4) is 11.1 Å². The molecular formula is C29H24ClN5O2. The Bertz CT molecular complexity index is 1770. The van der Waals surface area contributed by atoms with Crippen LogP contribution in [0.2, 0.25) is 5.02 Å². The maximum absolute atomic E-state index is 13.5. The van der Waals surface area contributed by atoms with Crippen LogP contribution in [0.5, 0.6) is 0 Å². The Kier molecular flexibility index (Phi) is 5.65. The van der Waals surface area contributed by atoms with E-state index in [1.54, 1.807) is 12.1 Å². The van der Waals surface area contributed by atoms with Crippen LogP contribution in [0.25, 0.3) is 33.1 Å². The number of aryl methyl sites for hydroxylation is 1. The van der Waals surface area contributed by atoms with Crippen LogP contribution >= 0.6 is 11.6 Å². The van der Waals surface area contributed by atoms with Crippen LogP contribution < -0.4 is 5.56 Å². The number of carbonyl (C=O) groups is 1. The lowest BCUT2D eigenvalue weighted by Crippen LogP contribution is -2.24. The number of H-pyrrole nitrogens is 1. The molecule has 0 aliphatic carbocycles. The van der Waals surface area contributed by atoms with Crippen molar-refractivity contribution in [2.75, 3.05) is 0 Å². The highest BCUT2D eigenvalue weighted by Gasteiger charge is 2.34. The second kappa shape index (κ2) is 9.01. The first kappa shape index (κ1) is 23.2. The number of hydrogen-bond acceptors (Lipinski definition) is 4. The summed E-state index contributed by atoms with van der Waals surface area (Å²) in [5.41, 5.74) is 5.89. The van der Waals surface area contributed by atoms with Gasteiger partial charge in [-0.3, -0.25) is 9.59 Å². The van der Waals surface area contributed by atoms with E-state index in [4.69, 9.17) is 16.7 Å². The maximum atomic E-state index is 13.5. The van der Waals surface area contributed by atoms with E-state index < -0.39 is 0 Å². The number of aromatic nitrogens is 3. The lowest BCUT2D eigenvalue weighted by Gasteiger charge is -2.20. The van der Waals surface area contributed by atoms with Crippen LogP contribution in [-0.2, 0) is 11.3 Å². The highest BCUT2D eigenvalue weighted by molar-refractivity contribution is 6.31. The maximum Gasteiger partial charge on any atom is 0.258 e.